The van der Waals surface area contributed by atoms with Crippen LogP contribution in [0.25, 0.3) is 0 Å². The molecular weight excluding hydrogens is 577 g/mol. The molecule has 0 saturated carbocycles. The summed E-state index contributed by atoms with van der Waals surface area (Å²) in [7, 11) is -1.96. The first-order valence-corrected chi connectivity index (χ1v) is 17.9. The van der Waals surface area contributed by atoms with Crippen LogP contribution in [0.1, 0.15) is 66.3 Å². The van der Waals surface area contributed by atoms with Gasteiger partial charge in [-0.05, 0) is 117 Å². The molecule has 1 fully saturated rings. The van der Waals surface area contributed by atoms with Gasteiger partial charge in [-0.2, -0.15) is 0 Å². The van der Waals surface area contributed by atoms with E-state index in [4.69, 9.17) is 4.74 Å². The number of hydrogen-bond acceptors (Lipinski definition) is 4. The SMILES string of the molecule is COc1ccc2c(c1)CCC1(CCCCN1CCCC(CNS(=O)(=O)c1cccc(C)c1)(c1ccccc1)c1ccccc1)C2. The lowest BCUT2D eigenvalue weighted by Crippen LogP contribution is -2.55. The van der Waals surface area contributed by atoms with E-state index in [1.807, 2.05) is 25.1 Å². The molecule has 0 radical (unpaired) electrons. The van der Waals surface area contributed by atoms with Crippen LogP contribution in [0.2, 0.25) is 0 Å². The third kappa shape index (κ3) is 6.74. The fourth-order valence-corrected chi connectivity index (χ4v) is 9.05. The summed E-state index contributed by atoms with van der Waals surface area (Å²) in [6, 6.07) is 34.7. The van der Waals surface area contributed by atoms with E-state index in [-0.39, 0.29) is 12.1 Å². The van der Waals surface area contributed by atoms with Gasteiger partial charge in [-0.3, -0.25) is 4.90 Å². The van der Waals surface area contributed by atoms with Gasteiger partial charge in [-0.25, -0.2) is 13.1 Å². The van der Waals surface area contributed by atoms with E-state index >= 15 is 0 Å². The minimum Gasteiger partial charge on any atom is -0.497 e. The lowest BCUT2D eigenvalue weighted by atomic mass is 9.70. The molecule has 45 heavy (non-hydrogen) atoms. The second kappa shape index (κ2) is 13.5. The van der Waals surface area contributed by atoms with Crippen LogP contribution in [-0.4, -0.2) is 45.6 Å². The van der Waals surface area contributed by atoms with Crippen LogP contribution in [0.4, 0.5) is 0 Å². The van der Waals surface area contributed by atoms with Crippen molar-refractivity contribution in [2.45, 2.75) is 74.1 Å². The predicted octanol–water partition coefficient (Wildman–Crippen LogP) is 7.46. The quantitative estimate of drug-likeness (QED) is 0.189. The van der Waals surface area contributed by atoms with E-state index < -0.39 is 15.4 Å². The predicted molar refractivity (Wildman–Crippen MR) is 182 cm³/mol. The highest BCUT2D eigenvalue weighted by molar-refractivity contribution is 7.89. The van der Waals surface area contributed by atoms with Crippen LogP contribution in [0, 0.1) is 6.92 Å². The number of hydrogen-bond donors (Lipinski definition) is 1. The number of likely N-dealkylation sites (tertiary alicyclic amines) is 1. The topological polar surface area (TPSA) is 58.6 Å². The number of piperidine rings is 1. The van der Waals surface area contributed by atoms with Crippen LogP contribution in [0.5, 0.6) is 5.75 Å². The molecule has 6 rings (SSSR count). The number of benzene rings is 4. The number of aryl methyl sites for hydroxylation is 2. The van der Waals surface area contributed by atoms with E-state index in [1.165, 1.54) is 36.8 Å². The van der Waals surface area contributed by atoms with Crippen molar-refractivity contribution in [3.05, 3.63) is 131 Å². The van der Waals surface area contributed by atoms with E-state index in [2.05, 4.69) is 76.4 Å². The molecule has 1 unspecified atom stereocenters. The number of sulfonamides is 1. The first kappa shape index (κ1) is 31.5. The Kier molecular flexibility index (Phi) is 9.46. The number of ether oxygens (including phenoxy) is 1. The molecule has 0 aromatic heterocycles. The van der Waals surface area contributed by atoms with Crippen LogP contribution < -0.4 is 9.46 Å². The first-order chi connectivity index (χ1) is 21.8. The summed E-state index contributed by atoms with van der Waals surface area (Å²) in [4.78, 5) is 3.09. The number of methoxy groups -OCH3 is 1. The third-order valence-electron chi connectivity index (χ3n) is 10.3. The molecule has 236 valence electrons. The minimum absolute atomic E-state index is 0.189. The minimum atomic E-state index is -3.70. The Morgan fingerprint density at radius 2 is 1.58 bits per heavy atom. The van der Waals surface area contributed by atoms with Gasteiger partial charge in [0.1, 0.15) is 5.75 Å². The highest BCUT2D eigenvalue weighted by atomic mass is 32.2. The highest BCUT2D eigenvalue weighted by Gasteiger charge is 2.42. The summed E-state index contributed by atoms with van der Waals surface area (Å²) < 4.78 is 35.8. The lowest BCUT2D eigenvalue weighted by molar-refractivity contribution is 0.0315. The maximum atomic E-state index is 13.6. The van der Waals surface area contributed by atoms with E-state index in [0.717, 1.165) is 61.2 Å². The van der Waals surface area contributed by atoms with Crippen molar-refractivity contribution in [3.8, 4) is 5.75 Å². The molecule has 1 N–H and O–H groups in total. The molecule has 4 aromatic rings. The molecule has 0 bridgehead atoms. The summed E-state index contributed by atoms with van der Waals surface area (Å²) in [5.41, 5.74) is 5.76. The Hall–Kier alpha value is -3.45. The van der Waals surface area contributed by atoms with Gasteiger partial charge in [-0.1, -0.05) is 85.3 Å². The van der Waals surface area contributed by atoms with Crippen molar-refractivity contribution in [3.63, 3.8) is 0 Å². The molecule has 1 aliphatic carbocycles. The fourth-order valence-electron chi connectivity index (χ4n) is 7.85. The Morgan fingerprint density at radius 3 is 2.27 bits per heavy atom. The van der Waals surface area contributed by atoms with Gasteiger partial charge >= 0.3 is 0 Å². The summed E-state index contributed by atoms with van der Waals surface area (Å²) in [6.45, 7) is 4.33. The number of nitrogens with one attached hydrogen (secondary N) is 1. The molecule has 1 heterocycles. The monoisotopic (exact) mass is 622 g/mol. The molecule has 0 amide bonds. The van der Waals surface area contributed by atoms with Gasteiger partial charge in [0.2, 0.25) is 10.0 Å². The van der Waals surface area contributed by atoms with Crippen LogP contribution >= 0.6 is 0 Å². The fraction of sp³-hybridized carbons (Fsp3) is 0.385. The Labute approximate surface area is 269 Å². The zero-order valence-electron chi connectivity index (χ0n) is 26.7. The van der Waals surface area contributed by atoms with Crippen molar-refractivity contribution >= 4 is 10.0 Å². The van der Waals surface area contributed by atoms with Crippen LogP contribution in [0.3, 0.4) is 0 Å². The van der Waals surface area contributed by atoms with Crippen LogP contribution in [0.15, 0.2) is 108 Å². The zero-order chi connectivity index (χ0) is 31.3. The normalized spacial score (nSPS) is 18.9. The van der Waals surface area contributed by atoms with Crippen molar-refractivity contribution in [2.75, 3.05) is 26.7 Å². The molecular formula is C39H46N2O3S. The van der Waals surface area contributed by atoms with Gasteiger partial charge in [0.05, 0.1) is 12.0 Å². The van der Waals surface area contributed by atoms with E-state index in [9.17, 15) is 8.42 Å². The van der Waals surface area contributed by atoms with Crippen molar-refractivity contribution in [1.29, 1.82) is 0 Å². The van der Waals surface area contributed by atoms with Crippen molar-refractivity contribution < 1.29 is 13.2 Å². The molecule has 4 aromatic carbocycles. The second-order valence-electron chi connectivity index (χ2n) is 13.0. The zero-order valence-corrected chi connectivity index (χ0v) is 27.5. The van der Waals surface area contributed by atoms with Gasteiger partial charge in [0.15, 0.2) is 0 Å². The molecule has 1 atom stereocenters. The molecule has 1 saturated heterocycles. The molecule has 5 nitrogen and oxygen atoms in total. The Morgan fingerprint density at radius 1 is 0.844 bits per heavy atom. The molecule has 6 heteroatoms. The van der Waals surface area contributed by atoms with Crippen molar-refractivity contribution in [2.24, 2.45) is 0 Å². The van der Waals surface area contributed by atoms with Gasteiger partial charge in [-0.15, -0.1) is 0 Å². The number of fused-ring (bicyclic) bond motifs is 1. The Bertz CT molecular complexity index is 1650. The summed E-state index contributed by atoms with van der Waals surface area (Å²) in [5.74, 6) is 0.946. The molecule has 1 spiro atoms. The summed E-state index contributed by atoms with van der Waals surface area (Å²) in [6.07, 6.45) is 8.89. The smallest absolute Gasteiger partial charge is 0.240 e. The van der Waals surface area contributed by atoms with E-state index in [1.54, 1.807) is 25.3 Å². The summed E-state index contributed by atoms with van der Waals surface area (Å²) in [5, 5.41) is 0. The second-order valence-corrected chi connectivity index (χ2v) is 14.8. The van der Waals surface area contributed by atoms with E-state index in [0.29, 0.717) is 4.90 Å². The van der Waals surface area contributed by atoms with Crippen LogP contribution in [-0.2, 0) is 28.3 Å². The van der Waals surface area contributed by atoms with Gasteiger partial charge in [0, 0.05) is 17.5 Å². The standard InChI is InChI=1S/C39H46N2O3S/c1-31-13-11-18-37(27-31)45(42,43)40-30-39(34-14-5-3-6-15-34,35-16-7-4-8-17-35)23-12-26-41-25-10-9-22-38(41)24-21-32-28-36(44-2)20-19-33(32)29-38/h3-8,11,13-20,27-28,40H,9-10,12,21-26,29-30H2,1-2H3. The largest absolute Gasteiger partial charge is 0.497 e. The first-order valence-electron chi connectivity index (χ1n) is 16.4. The number of rotatable bonds is 11. The average molecular weight is 623 g/mol. The molecule has 2 aliphatic rings. The summed E-state index contributed by atoms with van der Waals surface area (Å²) >= 11 is 0. The number of nitrogens with zero attached hydrogens (tertiary/aromatic N) is 1. The molecule has 1 aliphatic heterocycles. The lowest BCUT2D eigenvalue weighted by Gasteiger charge is -2.50. The average Bonchev–Trinajstić information content (AvgIpc) is 3.08. The maximum Gasteiger partial charge on any atom is 0.240 e. The highest BCUT2D eigenvalue weighted by Crippen LogP contribution is 2.42. The van der Waals surface area contributed by atoms with Gasteiger partial charge < -0.3 is 4.74 Å². The Balaban J connectivity index is 1.28. The third-order valence-corrected chi connectivity index (χ3v) is 11.7. The maximum absolute atomic E-state index is 13.6. The van der Waals surface area contributed by atoms with Crippen molar-refractivity contribution in [1.82, 2.24) is 9.62 Å². The van der Waals surface area contributed by atoms with Gasteiger partial charge in [0.25, 0.3) is 0 Å².